The van der Waals surface area contributed by atoms with E-state index in [0.29, 0.717) is 43.9 Å². The molecule has 26 heavy (non-hydrogen) atoms. The van der Waals surface area contributed by atoms with Gasteiger partial charge in [-0.05, 0) is 31.2 Å². The van der Waals surface area contributed by atoms with Crippen molar-refractivity contribution in [3.63, 3.8) is 0 Å². The predicted molar refractivity (Wildman–Crippen MR) is 97.2 cm³/mol. The number of unbranched alkanes of at least 4 members (excludes halogenated alkanes) is 1. The minimum absolute atomic E-state index is 0.0958. The Morgan fingerprint density at radius 3 is 2.62 bits per heavy atom. The third-order valence-electron chi connectivity index (χ3n) is 4.89. The standard InChI is InChI=1S/C20H22ClNO4/c21-15-8-9-16-17(13-15)20(25)22(19(16)24)10-4-5-11-26-18(23)12-14-6-2-1-3-7-14/h1-3,6-8,16-17H,4-5,9-13H2/t16-,17+/m1/s1. The molecule has 0 radical (unpaired) electrons. The molecular weight excluding hydrogens is 354 g/mol. The van der Waals surface area contributed by atoms with Crippen LogP contribution in [-0.2, 0) is 25.5 Å². The van der Waals surface area contributed by atoms with E-state index in [-0.39, 0.29) is 36.0 Å². The fraction of sp³-hybridized carbons (Fsp3) is 0.450. The summed E-state index contributed by atoms with van der Waals surface area (Å²) in [6.07, 6.45) is 4.33. The average molecular weight is 376 g/mol. The Morgan fingerprint density at radius 2 is 1.85 bits per heavy atom. The van der Waals surface area contributed by atoms with Crippen molar-refractivity contribution in [3.8, 4) is 0 Å². The maximum Gasteiger partial charge on any atom is 0.310 e. The van der Waals surface area contributed by atoms with E-state index in [1.165, 1.54) is 4.90 Å². The maximum absolute atomic E-state index is 12.4. The van der Waals surface area contributed by atoms with Gasteiger partial charge in [-0.2, -0.15) is 0 Å². The van der Waals surface area contributed by atoms with Gasteiger partial charge < -0.3 is 4.74 Å². The van der Waals surface area contributed by atoms with Gasteiger partial charge in [0.1, 0.15) is 0 Å². The number of carbonyl (C=O) groups excluding carboxylic acids is 3. The van der Waals surface area contributed by atoms with Crippen LogP contribution < -0.4 is 0 Å². The molecule has 2 atom stereocenters. The lowest BCUT2D eigenvalue weighted by Crippen LogP contribution is -2.32. The minimum atomic E-state index is -0.302. The number of imide groups is 1. The molecule has 5 nitrogen and oxygen atoms in total. The highest BCUT2D eigenvalue weighted by molar-refractivity contribution is 6.30. The molecule has 1 aromatic rings. The van der Waals surface area contributed by atoms with Crippen LogP contribution in [-0.4, -0.2) is 35.8 Å². The third-order valence-corrected chi connectivity index (χ3v) is 5.20. The zero-order valence-electron chi connectivity index (χ0n) is 14.5. The SMILES string of the molecule is O=C(Cc1ccccc1)OCCCCN1C(=O)[C@H]2CC(Cl)=CC[C@H]2C1=O. The molecule has 1 heterocycles. The van der Waals surface area contributed by atoms with E-state index < -0.39 is 0 Å². The molecule has 0 aromatic heterocycles. The second kappa shape index (κ2) is 8.49. The lowest BCUT2D eigenvalue weighted by atomic mass is 9.85. The summed E-state index contributed by atoms with van der Waals surface area (Å²) in [6.45, 7) is 0.667. The number of likely N-dealkylation sites (tertiary alicyclic amines) is 1. The Balaban J connectivity index is 1.37. The molecule has 2 amide bonds. The number of rotatable bonds is 7. The molecule has 0 spiro atoms. The average Bonchev–Trinajstić information content (AvgIpc) is 2.86. The van der Waals surface area contributed by atoms with Crippen LogP contribution in [0.4, 0.5) is 0 Å². The number of ether oxygens (including phenoxy) is 1. The first-order valence-electron chi connectivity index (χ1n) is 8.95. The fourth-order valence-electron chi connectivity index (χ4n) is 3.49. The second-order valence-electron chi connectivity index (χ2n) is 6.72. The molecule has 1 fully saturated rings. The summed E-state index contributed by atoms with van der Waals surface area (Å²) >= 11 is 6.01. The van der Waals surface area contributed by atoms with Crippen LogP contribution in [0.2, 0.25) is 0 Å². The van der Waals surface area contributed by atoms with Gasteiger partial charge in [-0.1, -0.05) is 48.0 Å². The van der Waals surface area contributed by atoms with Crippen molar-refractivity contribution in [3.05, 3.63) is 47.0 Å². The Kier molecular flexibility index (Phi) is 6.09. The van der Waals surface area contributed by atoms with Gasteiger partial charge in [0.15, 0.2) is 0 Å². The minimum Gasteiger partial charge on any atom is -0.465 e. The van der Waals surface area contributed by atoms with E-state index in [2.05, 4.69) is 0 Å². The third kappa shape index (κ3) is 4.33. The van der Waals surface area contributed by atoms with Crippen LogP contribution in [0.3, 0.4) is 0 Å². The van der Waals surface area contributed by atoms with Crippen molar-refractivity contribution in [1.29, 1.82) is 0 Å². The van der Waals surface area contributed by atoms with E-state index in [0.717, 1.165) is 5.56 Å². The van der Waals surface area contributed by atoms with Crippen molar-refractivity contribution in [2.45, 2.75) is 32.1 Å². The normalized spacial score (nSPS) is 22.2. The molecule has 0 bridgehead atoms. The molecule has 0 N–H and O–H groups in total. The predicted octanol–water partition coefficient (Wildman–Crippen LogP) is 3.07. The Labute approximate surface area is 158 Å². The van der Waals surface area contributed by atoms with Crippen LogP contribution >= 0.6 is 11.6 Å². The van der Waals surface area contributed by atoms with E-state index in [1.807, 2.05) is 36.4 Å². The number of nitrogens with zero attached hydrogens (tertiary/aromatic N) is 1. The molecule has 1 aliphatic heterocycles. The molecule has 0 saturated carbocycles. The van der Waals surface area contributed by atoms with Crippen molar-refractivity contribution < 1.29 is 19.1 Å². The fourth-order valence-corrected chi connectivity index (χ4v) is 3.74. The van der Waals surface area contributed by atoms with Gasteiger partial charge in [-0.3, -0.25) is 19.3 Å². The van der Waals surface area contributed by atoms with Crippen molar-refractivity contribution in [1.82, 2.24) is 4.90 Å². The summed E-state index contributed by atoms with van der Waals surface area (Å²) < 4.78 is 5.22. The van der Waals surface area contributed by atoms with E-state index in [9.17, 15) is 14.4 Å². The van der Waals surface area contributed by atoms with E-state index in [4.69, 9.17) is 16.3 Å². The summed E-state index contributed by atoms with van der Waals surface area (Å²) in [5, 5.41) is 0.666. The van der Waals surface area contributed by atoms with Gasteiger partial charge >= 0.3 is 5.97 Å². The molecule has 1 saturated heterocycles. The number of halogens is 1. The molecule has 1 aromatic carbocycles. The topological polar surface area (TPSA) is 63.7 Å². The zero-order valence-corrected chi connectivity index (χ0v) is 15.3. The Morgan fingerprint density at radius 1 is 1.12 bits per heavy atom. The van der Waals surface area contributed by atoms with E-state index in [1.54, 1.807) is 0 Å². The summed E-state index contributed by atoms with van der Waals surface area (Å²) in [6, 6.07) is 9.43. The maximum atomic E-state index is 12.4. The number of hydrogen-bond donors (Lipinski definition) is 0. The number of allylic oxidation sites excluding steroid dienone is 2. The smallest absolute Gasteiger partial charge is 0.310 e. The summed E-state index contributed by atoms with van der Waals surface area (Å²) in [4.78, 5) is 37.9. The van der Waals surface area contributed by atoms with Crippen LogP contribution in [0, 0.1) is 11.8 Å². The van der Waals surface area contributed by atoms with Crippen LogP contribution in [0.25, 0.3) is 0 Å². The highest BCUT2D eigenvalue weighted by Gasteiger charge is 2.47. The van der Waals surface area contributed by atoms with Gasteiger partial charge in [0.2, 0.25) is 11.8 Å². The first-order chi connectivity index (χ1) is 12.6. The summed E-state index contributed by atoms with van der Waals surface area (Å²) in [5.74, 6) is -1.04. The van der Waals surface area contributed by atoms with Crippen LogP contribution in [0.5, 0.6) is 0 Å². The molecule has 2 aliphatic rings. The second-order valence-corrected chi connectivity index (χ2v) is 7.21. The summed E-state index contributed by atoms with van der Waals surface area (Å²) in [7, 11) is 0. The Hall–Kier alpha value is -2.14. The van der Waals surface area contributed by atoms with Crippen molar-refractivity contribution in [2.24, 2.45) is 11.8 Å². The Bertz CT molecular complexity index is 716. The number of benzene rings is 1. The molecule has 0 unspecified atom stereocenters. The highest BCUT2D eigenvalue weighted by atomic mass is 35.5. The van der Waals surface area contributed by atoms with E-state index >= 15 is 0 Å². The lowest BCUT2D eigenvalue weighted by molar-refractivity contribution is -0.144. The lowest BCUT2D eigenvalue weighted by Gasteiger charge is -2.17. The van der Waals surface area contributed by atoms with Crippen molar-refractivity contribution >= 4 is 29.4 Å². The molecule has 3 rings (SSSR count). The molecular formula is C20H22ClNO4. The van der Waals surface area contributed by atoms with Gasteiger partial charge in [-0.25, -0.2) is 0 Å². The number of esters is 1. The quantitative estimate of drug-likeness (QED) is 0.417. The summed E-state index contributed by atoms with van der Waals surface area (Å²) in [5.41, 5.74) is 0.917. The number of carbonyl (C=O) groups is 3. The monoisotopic (exact) mass is 375 g/mol. The van der Waals surface area contributed by atoms with Gasteiger partial charge in [0.25, 0.3) is 0 Å². The van der Waals surface area contributed by atoms with Crippen molar-refractivity contribution in [2.75, 3.05) is 13.2 Å². The van der Waals surface area contributed by atoms with Gasteiger partial charge in [-0.15, -0.1) is 0 Å². The number of fused-ring (bicyclic) bond motifs is 1. The molecule has 6 heteroatoms. The molecule has 138 valence electrons. The largest absolute Gasteiger partial charge is 0.465 e. The highest BCUT2D eigenvalue weighted by Crippen LogP contribution is 2.38. The number of amides is 2. The zero-order chi connectivity index (χ0) is 18.5. The first kappa shape index (κ1) is 18.6. The van der Waals surface area contributed by atoms with Gasteiger partial charge in [0, 0.05) is 11.6 Å². The molecule has 1 aliphatic carbocycles. The number of hydrogen-bond acceptors (Lipinski definition) is 4. The first-order valence-corrected chi connectivity index (χ1v) is 9.33. The van der Waals surface area contributed by atoms with Crippen LogP contribution in [0.1, 0.15) is 31.2 Å². The van der Waals surface area contributed by atoms with Crippen LogP contribution in [0.15, 0.2) is 41.4 Å². The van der Waals surface area contributed by atoms with Gasteiger partial charge in [0.05, 0.1) is 24.9 Å².